The zero-order chi connectivity index (χ0) is 26.5. The quantitative estimate of drug-likeness (QED) is 0.439. The topological polar surface area (TPSA) is 85.4 Å². The molecule has 0 bridgehead atoms. The van der Waals surface area contributed by atoms with E-state index < -0.39 is 32.0 Å². The van der Waals surface area contributed by atoms with Gasteiger partial charge in [0.05, 0.1) is 22.7 Å². The average molecular weight is 481 g/mol. The molecule has 1 saturated heterocycles. The van der Waals surface area contributed by atoms with Gasteiger partial charge in [-0.1, -0.05) is 11.3 Å². The van der Waals surface area contributed by atoms with Gasteiger partial charge in [0.2, 0.25) is 11.8 Å². The van der Waals surface area contributed by atoms with Crippen molar-refractivity contribution in [3.63, 3.8) is 0 Å². The van der Waals surface area contributed by atoms with Crippen molar-refractivity contribution in [1.29, 1.82) is 0 Å². The SMILES string of the molecule is [2H]C([2H])([2H])Oc1nc(N[C@@H]2CCN(C)C[C@@H]2F)nn2ccc(-c3ccc4nnn(CC(F)(F)F)c4c3)c12. The van der Waals surface area contributed by atoms with E-state index >= 15 is 0 Å². The van der Waals surface area contributed by atoms with Gasteiger partial charge in [-0.3, -0.25) is 0 Å². The Morgan fingerprint density at radius 2 is 2.15 bits per heavy atom. The third kappa shape index (κ3) is 4.22. The van der Waals surface area contributed by atoms with E-state index in [0.29, 0.717) is 24.1 Å². The minimum Gasteiger partial charge on any atom is -0.479 e. The Morgan fingerprint density at radius 3 is 2.91 bits per heavy atom. The first kappa shape index (κ1) is 18.9. The van der Waals surface area contributed by atoms with Crippen LogP contribution < -0.4 is 10.1 Å². The van der Waals surface area contributed by atoms with Gasteiger partial charge in [-0.15, -0.1) is 10.2 Å². The highest BCUT2D eigenvalue weighted by Crippen LogP contribution is 2.33. The third-order valence-electron chi connectivity index (χ3n) is 5.79. The number of halogens is 4. The summed E-state index contributed by atoms with van der Waals surface area (Å²) >= 11 is 0. The highest BCUT2D eigenvalue weighted by Gasteiger charge is 2.30. The van der Waals surface area contributed by atoms with E-state index in [1.165, 1.54) is 22.8 Å². The second-order valence-corrected chi connectivity index (χ2v) is 8.25. The summed E-state index contributed by atoms with van der Waals surface area (Å²) in [6, 6.07) is 5.62. The molecule has 34 heavy (non-hydrogen) atoms. The lowest BCUT2D eigenvalue weighted by Gasteiger charge is -2.32. The fourth-order valence-electron chi connectivity index (χ4n) is 4.16. The molecule has 1 aliphatic rings. The molecule has 0 spiro atoms. The molecule has 0 unspecified atom stereocenters. The summed E-state index contributed by atoms with van der Waals surface area (Å²) in [4.78, 5) is 6.09. The standard InChI is InChI=1S/C21H22F4N8O/c1-31-7-6-15(14(22)10-31)26-20-27-19(34-2)18-13(5-8-32(18)29-20)12-3-4-16-17(9-12)33(30-28-16)11-21(23,24)25/h3-5,8-9,14-15H,6-7,10-11H2,1-2H3,(H,26,29)/t14-,15+/m0/s1/i2D3. The number of benzene rings is 1. The van der Waals surface area contributed by atoms with Crippen LogP contribution in [0.15, 0.2) is 30.5 Å². The maximum atomic E-state index is 14.6. The van der Waals surface area contributed by atoms with Crippen molar-refractivity contribution in [2.75, 3.05) is 32.5 Å². The first-order chi connectivity index (χ1) is 17.4. The van der Waals surface area contributed by atoms with Gasteiger partial charge in [-0.05, 0) is 37.2 Å². The molecule has 1 fully saturated rings. The Kier molecular flexibility index (Phi) is 4.66. The van der Waals surface area contributed by atoms with Gasteiger partial charge in [0.15, 0.2) is 0 Å². The Morgan fingerprint density at radius 1 is 1.29 bits per heavy atom. The molecule has 1 N–H and O–H groups in total. The van der Waals surface area contributed by atoms with Crippen LogP contribution >= 0.6 is 0 Å². The minimum atomic E-state index is -4.50. The number of aromatic nitrogens is 6. The molecule has 2 atom stereocenters. The molecular formula is C21H22F4N8O. The predicted octanol–water partition coefficient (Wildman–Crippen LogP) is 3.17. The maximum absolute atomic E-state index is 14.6. The number of rotatable bonds is 5. The van der Waals surface area contributed by atoms with Gasteiger partial charge < -0.3 is 15.0 Å². The van der Waals surface area contributed by atoms with Crippen LogP contribution in [-0.2, 0) is 6.54 Å². The molecule has 0 aliphatic carbocycles. The molecule has 5 rings (SSSR count). The Bertz CT molecular complexity index is 1440. The van der Waals surface area contributed by atoms with Crippen LogP contribution in [0.4, 0.5) is 23.5 Å². The van der Waals surface area contributed by atoms with Crippen molar-refractivity contribution in [1.82, 2.24) is 34.5 Å². The first-order valence-electron chi connectivity index (χ1n) is 11.9. The zero-order valence-electron chi connectivity index (χ0n) is 20.9. The molecule has 13 heteroatoms. The lowest BCUT2D eigenvalue weighted by molar-refractivity contribution is -0.142. The summed E-state index contributed by atoms with van der Waals surface area (Å²) in [5.74, 6) is -0.308. The number of likely N-dealkylation sites (tertiary alicyclic amines) is 1. The second kappa shape index (κ2) is 8.38. The smallest absolute Gasteiger partial charge is 0.408 e. The molecule has 4 aromatic rings. The highest BCUT2D eigenvalue weighted by molar-refractivity contribution is 5.89. The van der Waals surface area contributed by atoms with Crippen LogP contribution in [0.25, 0.3) is 27.7 Å². The number of anilines is 1. The number of piperidine rings is 1. The van der Waals surface area contributed by atoms with Crippen molar-refractivity contribution >= 4 is 22.5 Å². The van der Waals surface area contributed by atoms with E-state index in [9.17, 15) is 17.6 Å². The summed E-state index contributed by atoms with van der Waals surface area (Å²) in [7, 11) is -1.04. The van der Waals surface area contributed by atoms with Crippen LogP contribution in [0.3, 0.4) is 0 Å². The number of alkyl halides is 4. The summed E-state index contributed by atoms with van der Waals surface area (Å²) in [6.45, 7) is -0.426. The van der Waals surface area contributed by atoms with Gasteiger partial charge in [-0.2, -0.15) is 18.2 Å². The van der Waals surface area contributed by atoms with Gasteiger partial charge in [-0.25, -0.2) is 13.6 Å². The lowest BCUT2D eigenvalue weighted by Crippen LogP contribution is -2.46. The molecule has 3 aromatic heterocycles. The first-order valence-corrected chi connectivity index (χ1v) is 10.4. The van der Waals surface area contributed by atoms with E-state index in [4.69, 9.17) is 8.85 Å². The van der Waals surface area contributed by atoms with E-state index in [2.05, 4.69) is 25.7 Å². The minimum absolute atomic E-state index is 0.0194. The van der Waals surface area contributed by atoms with Crippen LogP contribution in [0.1, 0.15) is 10.5 Å². The number of fused-ring (bicyclic) bond motifs is 2. The van der Waals surface area contributed by atoms with Crippen molar-refractivity contribution in [3.05, 3.63) is 30.5 Å². The van der Waals surface area contributed by atoms with Crippen molar-refractivity contribution in [2.45, 2.75) is 31.4 Å². The van der Waals surface area contributed by atoms with E-state index in [1.807, 2.05) is 11.9 Å². The van der Waals surface area contributed by atoms with Crippen molar-refractivity contribution < 1.29 is 26.4 Å². The molecule has 9 nitrogen and oxygen atoms in total. The number of methoxy groups -OCH3 is 1. The van der Waals surface area contributed by atoms with Crippen molar-refractivity contribution in [2.24, 2.45) is 0 Å². The predicted molar refractivity (Wildman–Crippen MR) is 117 cm³/mol. The molecule has 1 aromatic carbocycles. The average Bonchev–Trinajstić information content (AvgIpc) is 3.38. The highest BCUT2D eigenvalue weighted by atomic mass is 19.4. The number of hydrogen-bond acceptors (Lipinski definition) is 7. The normalized spacial score (nSPS) is 21.4. The number of nitrogens with zero attached hydrogens (tertiary/aromatic N) is 7. The third-order valence-corrected chi connectivity index (χ3v) is 5.79. The van der Waals surface area contributed by atoms with E-state index in [-0.39, 0.29) is 34.9 Å². The lowest BCUT2D eigenvalue weighted by atomic mass is 10.0. The molecule has 0 radical (unpaired) electrons. The Labute approximate surface area is 195 Å². The molecule has 1 aliphatic heterocycles. The van der Waals surface area contributed by atoms with Gasteiger partial charge in [0.25, 0.3) is 0 Å². The van der Waals surface area contributed by atoms with E-state index in [1.54, 1.807) is 12.1 Å². The summed E-state index contributed by atoms with van der Waals surface area (Å²) in [5.41, 5.74) is 1.44. The van der Waals surface area contributed by atoms with Crippen LogP contribution in [0, 0.1) is 0 Å². The van der Waals surface area contributed by atoms with Gasteiger partial charge >= 0.3 is 6.18 Å². The molecule has 4 heterocycles. The molecule has 0 amide bonds. The number of hydrogen-bond donors (Lipinski definition) is 1. The van der Waals surface area contributed by atoms with Gasteiger partial charge in [0.1, 0.15) is 23.7 Å². The molecule has 0 saturated carbocycles. The number of ether oxygens (including phenoxy) is 1. The van der Waals surface area contributed by atoms with Crippen LogP contribution in [-0.4, -0.2) is 80.1 Å². The fraction of sp³-hybridized carbons (Fsp3) is 0.429. The molecule has 180 valence electrons. The van der Waals surface area contributed by atoms with E-state index in [0.717, 1.165) is 4.68 Å². The van der Waals surface area contributed by atoms with Crippen LogP contribution in [0.2, 0.25) is 0 Å². The Balaban J connectivity index is 1.57. The fourth-order valence-corrected chi connectivity index (χ4v) is 4.16. The van der Waals surface area contributed by atoms with Gasteiger partial charge in [0, 0.05) is 24.8 Å². The largest absolute Gasteiger partial charge is 0.479 e. The summed E-state index contributed by atoms with van der Waals surface area (Å²) in [6.07, 6.45) is -3.66. The summed E-state index contributed by atoms with van der Waals surface area (Å²) < 4.78 is 83.5. The van der Waals surface area contributed by atoms with Crippen LogP contribution in [0.5, 0.6) is 5.88 Å². The number of nitrogens with one attached hydrogen (secondary N) is 1. The summed E-state index contributed by atoms with van der Waals surface area (Å²) in [5, 5.41) is 14.6. The Hall–Kier alpha value is -3.48. The van der Waals surface area contributed by atoms with Crippen molar-refractivity contribution in [3.8, 4) is 17.0 Å². The molecular weight excluding hydrogens is 456 g/mol. The second-order valence-electron chi connectivity index (χ2n) is 8.25. The monoisotopic (exact) mass is 481 g/mol. The zero-order valence-corrected chi connectivity index (χ0v) is 17.9. The maximum Gasteiger partial charge on any atom is 0.408 e.